The summed E-state index contributed by atoms with van der Waals surface area (Å²) >= 11 is 0. The Kier molecular flexibility index (Phi) is 5.18. The van der Waals surface area contributed by atoms with E-state index in [4.69, 9.17) is 6.42 Å². The van der Waals surface area contributed by atoms with Gasteiger partial charge >= 0.3 is 0 Å². The fourth-order valence-electron chi connectivity index (χ4n) is 1.51. The first-order chi connectivity index (χ1) is 8.15. The molecule has 0 aliphatic carbocycles. The van der Waals surface area contributed by atoms with E-state index in [2.05, 4.69) is 11.2 Å². The minimum atomic E-state index is -0.394. The van der Waals surface area contributed by atoms with Crippen molar-refractivity contribution in [3.8, 4) is 12.3 Å². The molecule has 0 heterocycles. The van der Waals surface area contributed by atoms with Crippen molar-refractivity contribution < 1.29 is 4.92 Å². The number of hydrogen-bond donors (Lipinski definition) is 1. The van der Waals surface area contributed by atoms with Gasteiger partial charge in [0.25, 0.3) is 5.69 Å². The molecule has 0 spiro atoms. The first-order valence-electron chi connectivity index (χ1n) is 5.56. The summed E-state index contributed by atoms with van der Waals surface area (Å²) in [6.07, 6.45) is 6.86. The highest BCUT2D eigenvalue weighted by molar-refractivity contribution is 5.33. The molecule has 0 aromatic heterocycles. The van der Waals surface area contributed by atoms with E-state index in [0.717, 1.165) is 24.9 Å². The number of rotatable bonds is 6. The van der Waals surface area contributed by atoms with Crippen molar-refractivity contribution in [3.63, 3.8) is 0 Å². The lowest BCUT2D eigenvalue weighted by molar-refractivity contribution is -0.384. The second-order valence-corrected chi connectivity index (χ2v) is 3.83. The summed E-state index contributed by atoms with van der Waals surface area (Å²) in [6, 6.07) is 6.77. The summed E-state index contributed by atoms with van der Waals surface area (Å²) in [5.74, 6) is 2.59. The Hall–Kier alpha value is -1.86. The molecular weight excluding hydrogens is 216 g/mol. The summed E-state index contributed by atoms with van der Waals surface area (Å²) < 4.78 is 0. The molecule has 4 nitrogen and oxygen atoms in total. The largest absolute Gasteiger partial charge is 0.310 e. The number of non-ortho nitro benzene ring substituents is 1. The molecule has 0 bridgehead atoms. The average molecular weight is 232 g/mol. The predicted octanol–water partition coefficient (Wildman–Crippen LogP) is 2.66. The molecule has 17 heavy (non-hydrogen) atoms. The monoisotopic (exact) mass is 232 g/mol. The Labute approximate surface area is 101 Å². The van der Waals surface area contributed by atoms with E-state index in [1.807, 2.05) is 6.92 Å². The number of nitro groups is 1. The molecule has 0 fully saturated rings. The maximum Gasteiger partial charge on any atom is 0.269 e. The lowest BCUT2D eigenvalue weighted by atomic mass is 10.1. The minimum Gasteiger partial charge on any atom is -0.310 e. The van der Waals surface area contributed by atoms with Gasteiger partial charge in [0.1, 0.15) is 0 Å². The highest BCUT2D eigenvalue weighted by Crippen LogP contribution is 2.17. The van der Waals surface area contributed by atoms with Crippen molar-refractivity contribution in [1.29, 1.82) is 0 Å². The summed E-state index contributed by atoms with van der Waals surface area (Å²) in [4.78, 5) is 10.1. The van der Waals surface area contributed by atoms with Gasteiger partial charge in [-0.15, -0.1) is 12.3 Å². The average Bonchev–Trinajstić information content (AvgIpc) is 2.34. The molecule has 1 N–H and O–H groups in total. The number of benzene rings is 1. The van der Waals surface area contributed by atoms with E-state index in [-0.39, 0.29) is 11.7 Å². The second kappa shape index (κ2) is 6.66. The van der Waals surface area contributed by atoms with Crippen LogP contribution < -0.4 is 5.32 Å². The minimum absolute atomic E-state index is 0.119. The molecule has 0 aliphatic rings. The lowest BCUT2D eigenvalue weighted by Gasteiger charge is -2.13. The predicted molar refractivity (Wildman–Crippen MR) is 67.6 cm³/mol. The van der Waals surface area contributed by atoms with Gasteiger partial charge in [-0.1, -0.05) is 12.1 Å². The number of nitrogens with one attached hydrogen (secondary N) is 1. The summed E-state index contributed by atoms with van der Waals surface area (Å²) in [5.41, 5.74) is 1.16. The summed E-state index contributed by atoms with van der Waals surface area (Å²) in [6.45, 7) is 2.87. The van der Waals surface area contributed by atoms with Crippen molar-refractivity contribution in [2.45, 2.75) is 25.8 Å². The first-order valence-corrected chi connectivity index (χ1v) is 5.56. The van der Waals surface area contributed by atoms with E-state index >= 15 is 0 Å². The molecule has 0 saturated heterocycles. The molecule has 1 atom stereocenters. The quantitative estimate of drug-likeness (QED) is 0.355. The van der Waals surface area contributed by atoms with Gasteiger partial charge in [0.15, 0.2) is 0 Å². The topological polar surface area (TPSA) is 55.2 Å². The number of unbranched alkanes of at least 4 members (excludes halogenated alkanes) is 1. The van der Waals surface area contributed by atoms with Crippen LogP contribution >= 0.6 is 0 Å². The van der Waals surface area contributed by atoms with Crippen LogP contribution in [0, 0.1) is 22.5 Å². The van der Waals surface area contributed by atoms with E-state index in [9.17, 15) is 10.1 Å². The second-order valence-electron chi connectivity index (χ2n) is 3.83. The zero-order chi connectivity index (χ0) is 12.7. The molecule has 1 unspecified atom stereocenters. The zero-order valence-corrected chi connectivity index (χ0v) is 9.85. The van der Waals surface area contributed by atoms with E-state index < -0.39 is 4.92 Å². The third-order valence-electron chi connectivity index (χ3n) is 2.55. The third-order valence-corrected chi connectivity index (χ3v) is 2.55. The standard InChI is InChI=1S/C13H16N2O2/c1-3-4-5-10-14-11(2)12-6-8-13(9-7-12)15(16)17/h1,6-9,11,14H,4-5,10H2,2H3. The van der Waals surface area contributed by atoms with Gasteiger partial charge in [-0.2, -0.15) is 0 Å². The van der Waals surface area contributed by atoms with Crippen LogP contribution in [0.5, 0.6) is 0 Å². The Morgan fingerprint density at radius 1 is 1.47 bits per heavy atom. The van der Waals surface area contributed by atoms with Gasteiger partial charge in [0.2, 0.25) is 0 Å². The molecule has 1 aromatic rings. The molecular formula is C13H16N2O2. The van der Waals surface area contributed by atoms with Crippen molar-refractivity contribution in [1.82, 2.24) is 5.32 Å². The van der Waals surface area contributed by atoms with Crippen LogP contribution in [0.15, 0.2) is 24.3 Å². The zero-order valence-electron chi connectivity index (χ0n) is 9.85. The van der Waals surface area contributed by atoms with Crippen molar-refractivity contribution in [2.75, 3.05) is 6.54 Å². The van der Waals surface area contributed by atoms with Gasteiger partial charge in [-0.3, -0.25) is 10.1 Å². The Morgan fingerprint density at radius 3 is 2.65 bits per heavy atom. The van der Waals surface area contributed by atoms with Crippen LogP contribution in [0.3, 0.4) is 0 Å². The van der Waals surface area contributed by atoms with Crippen molar-refractivity contribution in [3.05, 3.63) is 39.9 Å². The molecule has 1 rings (SSSR count). The van der Waals surface area contributed by atoms with E-state index in [1.165, 1.54) is 12.1 Å². The van der Waals surface area contributed by atoms with Crippen molar-refractivity contribution in [2.24, 2.45) is 0 Å². The van der Waals surface area contributed by atoms with Crippen molar-refractivity contribution >= 4 is 5.69 Å². The fourth-order valence-corrected chi connectivity index (χ4v) is 1.51. The maximum absolute atomic E-state index is 10.5. The summed E-state index contributed by atoms with van der Waals surface area (Å²) in [5, 5.41) is 13.8. The highest BCUT2D eigenvalue weighted by Gasteiger charge is 2.07. The fraction of sp³-hybridized carbons (Fsp3) is 0.385. The first kappa shape index (κ1) is 13.2. The lowest BCUT2D eigenvalue weighted by Crippen LogP contribution is -2.19. The molecule has 90 valence electrons. The molecule has 0 saturated carbocycles. The van der Waals surface area contributed by atoms with Crippen LogP contribution in [0.2, 0.25) is 0 Å². The van der Waals surface area contributed by atoms with Gasteiger partial charge in [0, 0.05) is 24.6 Å². The van der Waals surface area contributed by atoms with E-state index in [1.54, 1.807) is 12.1 Å². The number of nitro benzene ring substituents is 1. The molecule has 0 amide bonds. The summed E-state index contributed by atoms with van der Waals surface area (Å²) in [7, 11) is 0. The van der Waals surface area contributed by atoms with Crippen LogP contribution in [-0.2, 0) is 0 Å². The normalized spacial score (nSPS) is 11.8. The van der Waals surface area contributed by atoms with Crippen LogP contribution in [0.25, 0.3) is 0 Å². The van der Waals surface area contributed by atoms with Crippen LogP contribution in [0.4, 0.5) is 5.69 Å². The number of nitrogens with zero attached hydrogens (tertiary/aromatic N) is 1. The Morgan fingerprint density at radius 2 is 2.12 bits per heavy atom. The van der Waals surface area contributed by atoms with Gasteiger partial charge < -0.3 is 5.32 Å². The third kappa shape index (κ3) is 4.25. The molecule has 0 radical (unpaired) electrons. The van der Waals surface area contributed by atoms with Gasteiger partial charge in [-0.05, 0) is 25.5 Å². The Balaban J connectivity index is 2.49. The smallest absolute Gasteiger partial charge is 0.269 e. The van der Waals surface area contributed by atoms with Crippen LogP contribution in [0.1, 0.15) is 31.4 Å². The highest BCUT2D eigenvalue weighted by atomic mass is 16.6. The molecule has 1 aromatic carbocycles. The maximum atomic E-state index is 10.5. The van der Waals surface area contributed by atoms with Gasteiger partial charge in [0.05, 0.1) is 4.92 Å². The number of terminal acetylenes is 1. The van der Waals surface area contributed by atoms with E-state index in [0.29, 0.717) is 0 Å². The van der Waals surface area contributed by atoms with Crippen LogP contribution in [-0.4, -0.2) is 11.5 Å². The number of hydrogen-bond acceptors (Lipinski definition) is 3. The molecule has 0 aliphatic heterocycles. The SMILES string of the molecule is C#CCCCNC(C)c1ccc([N+](=O)[O-])cc1. The molecule has 4 heteroatoms. The Bertz CT molecular complexity index is 406. The van der Waals surface area contributed by atoms with Gasteiger partial charge in [-0.25, -0.2) is 0 Å².